The maximum atomic E-state index is 12.3. The Morgan fingerprint density at radius 1 is 1.45 bits per heavy atom. The molecule has 2 atom stereocenters. The van der Waals surface area contributed by atoms with Crippen LogP contribution >= 0.6 is 0 Å². The van der Waals surface area contributed by atoms with Crippen molar-refractivity contribution in [1.82, 2.24) is 9.62 Å². The van der Waals surface area contributed by atoms with Gasteiger partial charge in [0.15, 0.2) is 0 Å². The maximum absolute atomic E-state index is 12.3. The molecule has 1 aromatic rings. The smallest absolute Gasteiger partial charge is 0.240 e. The lowest BCUT2D eigenvalue weighted by atomic mass is 10.0. The Morgan fingerprint density at radius 2 is 2.23 bits per heavy atom. The van der Waals surface area contributed by atoms with Crippen molar-refractivity contribution >= 4 is 10.0 Å². The van der Waals surface area contributed by atoms with Crippen LogP contribution in [0.2, 0.25) is 0 Å². The lowest BCUT2D eigenvalue weighted by molar-refractivity contribution is 0.116. The van der Waals surface area contributed by atoms with Gasteiger partial charge >= 0.3 is 0 Å². The van der Waals surface area contributed by atoms with Gasteiger partial charge in [0.2, 0.25) is 10.0 Å². The van der Waals surface area contributed by atoms with Crippen molar-refractivity contribution in [3.63, 3.8) is 0 Å². The average molecular weight is 321 g/mol. The first-order valence-corrected chi connectivity index (χ1v) is 9.18. The van der Waals surface area contributed by atoms with Crippen LogP contribution in [-0.2, 0) is 10.0 Å². The van der Waals surface area contributed by atoms with Gasteiger partial charge in [-0.3, -0.25) is 4.90 Å². The lowest BCUT2D eigenvalue weighted by Gasteiger charge is -2.38. The molecule has 0 spiro atoms. The molecule has 0 radical (unpaired) electrons. The second kappa shape index (κ2) is 7.23. The van der Waals surface area contributed by atoms with Crippen molar-refractivity contribution < 1.29 is 8.42 Å². The minimum atomic E-state index is -3.57. The van der Waals surface area contributed by atoms with E-state index in [4.69, 9.17) is 5.26 Å². The molecular weight excluding hydrogens is 298 g/mol. The average Bonchev–Trinajstić information content (AvgIpc) is 2.53. The van der Waals surface area contributed by atoms with Crippen molar-refractivity contribution in [2.45, 2.75) is 50.1 Å². The second-order valence-electron chi connectivity index (χ2n) is 5.92. The molecule has 1 aromatic carbocycles. The largest absolute Gasteiger partial charge is 0.297 e. The summed E-state index contributed by atoms with van der Waals surface area (Å²) < 4.78 is 27.3. The summed E-state index contributed by atoms with van der Waals surface area (Å²) >= 11 is 0. The molecule has 1 aliphatic rings. The van der Waals surface area contributed by atoms with E-state index >= 15 is 0 Å². The third-order valence-electron chi connectivity index (χ3n) is 4.26. The molecule has 6 heteroatoms. The predicted molar refractivity (Wildman–Crippen MR) is 85.8 cm³/mol. The highest BCUT2D eigenvalue weighted by molar-refractivity contribution is 7.89. The maximum Gasteiger partial charge on any atom is 0.240 e. The van der Waals surface area contributed by atoms with Gasteiger partial charge in [-0.05, 0) is 51.4 Å². The fourth-order valence-corrected chi connectivity index (χ4v) is 4.11. The van der Waals surface area contributed by atoms with E-state index in [2.05, 4.69) is 23.5 Å². The van der Waals surface area contributed by atoms with Crippen molar-refractivity contribution in [2.24, 2.45) is 0 Å². The standard InChI is InChI=1S/C16H23N3O2S/c1-13-6-3-4-9-19(13)14(2)12-18-22(20,21)16-8-5-7-15(10-16)11-17/h5,7-8,10,13-14,18H,3-4,6,9,12H2,1-2H3/t13-,14+/m1/s1. The van der Waals surface area contributed by atoms with Crippen molar-refractivity contribution in [2.75, 3.05) is 13.1 Å². The van der Waals surface area contributed by atoms with Crippen molar-refractivity contribution in [1.29, 1.82) is 5.26 Å². The quantitative estimate of drug-likeness (QED) is 0.901. The van der Waals surface area contributed by atoms with Crippen LogP contribution in [0.1, 0.15) is 38.7 Å². The highest BCUT2D eigenvalue weighted by Gasteiger charge is 2.24. The summed E-state index contributed by atoms with van der Waals surface area (Å²) in [6, 6.07) is 8.71. The molecule has 1 saturated heterocycles. The number of piperidine rings is 1. The Hall–Kier alpha value is -1.42. The molecule has 0 bridgehead atoms. The highest BCUT2D eigenvalue weighted by Crippen LogP contribution is 2.19. The predicted octanol–water partition coefficient (Wildman–Crippen LogP) is 2.10. The summed E-state index contributed by atoms with van der Waals surface area (Å²) in [4.78, 5) is 2.50. The Labute approximate surface area is 133 Å². The number of rotatable bonds is 5. The van der Waals surface area contributed by atoms with Crippen LogP contribution in [0.15, 0.2) is 29.2 Å². The first kappa shape index (κ1) is 16.9. The third-order valence-corrected chi connectivity index (χ3v) is 5.68. The van der Waals surface area contributed by atoms with Crippen molar-refractivity contribution in [3.05, 3.63) is 29.8 Å². The molecule has 0 amide bonds. The van der Waals surface area contributed by atoms with Crippen LogP contribution in [0, 0.1) is 11.3 Å². The van der Waals surface area contributed by atoms with Gasteiger partial charge < -0.3 is 0 Å². The Kier molecular flexibility index (Phi) is 5.57. The van der Waals surface area contributed by atoms with Gasteiger partial charge in [-0.1, -0.05) is 12.5 Å². The van der Waals surface area contributed by atoms with Gasteiger partial charge in [0.1, 0.15) is 0 Å². The number of hydrogen-bond acceptors (Lipinski definition) is 4. The SMILES string of the molecule is C[C@@H]1CCCCN1[C@@H](C)CNS(=O)(=O)c1cccc(C#N)c1. The van der Waals surface area contributed by atoms with Crippen molar-refractivity contribution in [3.8, 4) is 6.07 Å². The van der Waals surface area contributed by atoms with Crippen LogP contribution in [0.3, 0.4) is 0 Å². The molecule has 120 valence electrons. The molecule has 1 N–H and O–H groups in total. The van der Waals surface area contributed by atoms with Gasteiger partial charge in [-0.2, -0.15) is 5.26 Å². The summed E-state index contributed by atoms with van der Waals surface area (Å²) in [5.74, 6) is 0. The van der Waals surface area contributed by atoms with Crippen LogP contribution in [0.25, 0.3) is 0 Å². The molecule has 0 aliphatic carbocycles. The Morgan fingerprint density at radius 3 is 2.91 bits per heavy atom. The van der Waals surface area contributed by atoms with Crippen LogP contribution in [0.4, 0.5) is 0 Å². The topological polar surface area (TPSA) is 73.2 Å². The Balaban J connectivity index is 2.01. The summed E-state index contributed by atoms with van der Waals surface area (Å²) in [6.07, 6.45) is 3.59. The van der Waals surface area contributed by atoms with E-state index in [1.807, 2.05) is 6.07 Å². The van der Waals surface area contributed by atoms with E-state index < -0.39 is 10.0 Å². The summed E-state index contributed by atoms with van der Waals surface area (Å²) in [5, 5.41) is 8.87. The molecular formula is C16H23N3O2S. The lowest BCUT2D eigenvalue weighted by Crippen LogP contribution is -2.48. The fourth-order valence-electron chi connectivity index (χ4n) is 2.94. The normalized spacial score (nSPS) is 21.2. The number of nitrogens with zero attached hydrogens (tertiary/aromatic N) is 2. The minimum Gasteiger partial charge on any atom is -0.297 e. The first-order chi connectivity index (χ1) is 10.4. The molecule has 0 unspecified atom stereocenters. The molecule has 0 saturated carbocycles. The number of likely N-dealkylation sites (tertiary alicyclic amines) is 1. The monoisotopic (exact) mass is 321 g/mol. The van der Waals surface area contributed by atoms with E-state index in [1.54, 1.807) is 12.1 Å². The van der Waals surface area contributed by atoms with Gasteiger partial charge in [0, 0.05) is 18.6 Å². The fraction of sp³-hybridized carbons (Fsp3) is 0.562. The second-order valence-corrected chi connectivity index (χ2v) is 7.69. The number of hydrogen-bond donors (Lipinski definition) is 1. The van der Waals surface area contributed by atoms with E-state index in [1.165, 1.54) is 31.4 Å². The third kappa shape index (κ3) is 4.07. The van der Waals surface area contributed by atoms with Crippen LogP contribution in [-0.4, -0.2) is 38.5 Å². The van der Waals surface area contributed by atoms with E-state index in [9.17, 15) is 8.42 Å². The molecule has 22 heavy (non-hydrogen) atoms. The first-order valence-electron chi connectivity index (χ1n) is 7.69. The summed E-state index contributed by atoms with van der Waals surface area (Å²) in [7, 11) is -3.57. The number of nitriles is 1. The molecule has 2 rings (SSSR count). The molecule has 5 nitrogen and oxygen atoms in total. The van der Waals surface area contributed by atoms with E-state index in [0.717, 1.165) is 6.54 Å². The van der Waals surface area contributed by atoms with E-state index in [-0.39, 0.29) is 10.9 Å². The number of nitrogens with one attached hydrogen (secondary N) is 1. The zero-order valence-electron chi connectivity index (χ0n) is 13.1. The molecule has 1 aliphatic heterocycles. The minimum absolute atomic E-state index is 0.144. The zero-order chi connectivity index (χ0) is 16.2. The van der Waals surface area contributed by atoms with Crippen LogP contribution < -0.4 is 4.72 Å². The van der Waals surface area contributed by atoms with Crippen LogP contribution in [0.5, 0.6) is 0 Å². The number of benzene rings is 1. The Bertz CT molecular complexity index is 652. The van der Waals surface area contributed by atoms with Gasteiger partial charge in [-0.25, -0.2) is 13.1 Å². The molecule has 0 aromatic heterocycles. The van der Waals surface area contributed by atoms with Gasteiger partial charge in [0.25, 0.3) is 0 Å². The van der Waals surface area contributed by atoms with Gasteiger partial charge in [-0.15, -0.1) is 0 Å². The molecule has 1 fully saturated rings. The molecule has 1 heterocycles. The van der Waals surface area contributed by atoms with E-state index in [0.29, 0.717) is 18.2 Å². The van der Waals surface area contributed by atoms with Gasteiger partial charge in [0.05, 0.1) is 16.5 Å². The number of sulfonamides is 1. The summed E-state index contributed by atoms with van der Waals surface area (Å²) in [6.45, 7) is 5.65. The zero-order valence-corrected chi connectivity index (χ0v) is 13.9. The highest BCUT2D eigenvalue weighted by atomic mass is 32.2. The summed E-state index contributed by atoms with van der Waals surface area (Å²) in [5.41, 5.74) is 0.348.